The van der Waals surface area contributed by atoms with Gasteiger partial charge in [0.05, 0.1) is 20.6 Å². The highest BCUT2D eigenvalue weighted by Crippen LogP contribution is 2.36. The van der Waals surface area contributed by atoms with E-state index in [-0.39, 0.29) is 12.7 Å². The number of hydrogen-bond acceptors (Lipinski definition) is 3. The molecule has 70 valence electrons. The van der Waals surface area contributed by atoms with Crippen LogP contribution in [-0.2, 0) is 13.8 Å². The predicted octanol–water partition coefficient (Wildman–Crippen LogP) is 0.810. The van der Waals surface area contributed by atoms with Crippen molar-refractivity contribution in [2.24, 2.45) is 0 Å². The van der Waals surface area contributed by atoms with Crippen LogP contribution in [0.1, 0.15) is 6.42 Å². The van der Waals surface area contributed by atoms with Crippen molar-refractivity contribution < 1.29 is 18.7 Å². The van der Waals surface area contributed by atoms with E-state index in [0.717, 1.165) is 6.66 Å². The van der Waals surface area contributed by atoms with Crippen molar-refractivity contribution >= 4 is 15.4 Å². The third kappa shape index (κ3) is 6.86. The first-order valence-corrected chi connectivity index (χ1v) is 5.69. The quantitative estimate of drug-likeness (QED) is 0.499. The molecular formula is C6H14BO4P. The molecule has 2 atom stereocenters. The number of rotatable bonds is 6. The Morgan fingerprint density at radius 1 is 1.67 bits per heavy atom. The van der Waals surface area contributed by atoms with Crippen LogP contribution < -0.4 is 0 Å². The largest absolute Gasteiger partial charge is 0.379 e. The molecule has 0 aliphatic heterocycles. The number of hydrogen-bond donors (Lipinski definition) is 1. The Bertz CT molecular complexity index is 158. The van der Waals surface area contributed by atoms with E-state index in [1.54, 1.807) is 0 Å². The maximum Gasteiger partial charge on any atom is 0.325 e. The highest BCUT2D eigenvalue weighted by Gasteiger charge is 2.14. The van der Waals surface area contributed by atoms with Gasteiger partial charge in [0.25, 0.3) is 0 Å². The van der Waals surface area contributed by atoms with Gasteiger partial charge >= 0.3 is 7.60 Å². The van der Waals surface area contributed by atoms with Crippen LogP contribution in [0.4, 0.5) is 0 Å². The first kappa shape index (κ1) is 12.2. The summed E-state index contributed by atoms with van der Waals surface area (Å²) in [6.45, 7) is 1.25. The normalized spacial score (nSPS) is 18.6. The molecule has 0 aliphatic carbocycles. The second-order valence-corrected chi connectivity index (χ2v) is 4.40. The molecule has 0 saturated carbocycles. The summed E-state index contributed by atoms with van der Waals surface area (Å²) in [6.07, 6.45) is 0.896. The highest BCUT2D eigenvalue weighted by molar-refractivity contribution is 7.51. The van der Waals surface area contributed by atoms with Crippen molar-refractivity contribution in [2.75, 3.05) is 20.4 Å². The lowest BCUT2D eigenvalue weighted by Crippen LogP contribution is -2.17. The fourth-order valence-corrected chi connectivity index (χ4v) is 1.12. The van der Waals surface area contributed by atoms with E-state index in [0.29, 0.717) is 12.7 Å². The molecule has 1 unspecified atom stereocenters. The van der Waals surface area contributed by atoms with Crippen molar-refractivity contribution in [2.45, 2.75) is 18.8 Å². The van der Waals surface area contributed by atoms with Crippen LogP contribution in [-0.4, -0.2) is 39.2 Å². The molecule has 0 amide bonds. The van der Waals surface area contributed by atoms with Crippen LogP contribution in [0.25, 0.3) is 0 Å². The summed E-state index contributed by atoms with van der Waals surface area (Å²) in [4.78, 5) is 8.78. The van der Waals surface area contributed by atoms with Gasteiger partial charge in [-0.3, -0.25) is 4.57 Å². The molecular weight excluding hydrogens is 178 g/mol. The van der Waals surface area contributed by atoms with Crippen molar-refractivity contribution in [1.29, 1.82) is 0 Å². The molecule has 0 rings (SSSR count). The molecule has 0 spiro atoms. The molecule has 0 saturated heterocycles. The van der Waals surface area contributed by atoms with Gasteiger partial charge in [-0.2, -0.15) is 0 Å². The zero-order valence-electron chi connectivity index (χ0n) is 7.40. The minimum absolute atomic E-state index is 0.109. The maximum atomic E-state index is 10.7. The lowest BCUT2D eigenvalue weighted by atomic mass is 9.99. The van der Waals surface area contributed by atoms with Gasteiger partial charge in [-0.25, -0.2) is 0 Å². The van der Waals surface area contributed by atoms with Gasteiger partial charge in [0.15, 0.2) is 0 Å². The monoisotopic (exact) mass is 192 g/mol. The summed E-state index contributed by atoms with van der Waals surface area (Å²) < 4.78 is 20.3. The van der Waals surface area contributed by atoms with Gasteiger partial charge in [-0.1, -0.05) is 6.32 Å². The molecule has 0 heterocycles. The molecule has 6 heteroatoms. The van der Waals surface area contributed by atoms with Gasteiger partial charge in [0, 0.05) is 13.8 Å². The first-order chi connectivity index (χ1) is 5.49. The van der Waals surface area contributed by atoms with Crippen LogP contribution in [0.5, 0.6) is 0 Å². The second-order valence-electron chi connectivity index (χ2n) is 2.53. The summed E-state index contributed by atoms with van der Waals surface area (Å²) in [5, 5.41) is 0. The van der Waals surface area contributed by atoms with Gasteiger partial charge in [0.1, 0.15) is 0 Å². The summed E-state index contributed by atoms with van der Waals surface area (Å²) >= 11 is 0. The topological polar surface area (TPSA) is 55.8 Å². The zero-order valence-corrected chi connectivity index (χ0v) is 8.29. The Balaban J connectivity index is 3.65. The van der Waals surface area contributed by atoms with E-state index in [2.05, 4.69) is 4.52 Å². The summed E-state index contributed by atoms with van der Waals surface area (Å²) in [7, 11) is 3.42. The minimum atomic E-state index is -3.38. The first-order valence-electron chi connectivity index (χ1n) is 3.67. The minimum Gasteiger partial charge on any atom is -0.379 e. The number of methoxy groups -OCH3 is 1. The Labute approximate surface area is 74.2 Å². The third-order valence-electron chi connectivity index (χ3n) is 1.32. The van der Waals surface area contributed by atoms with Gasteiger partial charge in [-0.05, 0) is 6.42 Å². The van der Waals surface area contributed by atoms with Gasteiger partial charge < -0.3 is 14.2 Å². The van der Waals surface area contributed by atoms with Gasteiger partial charge in [0.2, 0.25) is 0 Å². The van der Waals surface area contributed by atoms with Crippen LogP contribution >= 0.6 is 7.60 Å². The zero-order chi connectivity index (χ0) is 9.61. The molecule has 0 aliphatic rings. The Hall–Kier alpha value is 0.175. The molecule has 4 nitrogen and oxygen atoms in total. The third-order valence-corrected chi connectivity index (χ3v) is 1.95. The molecule has 2 radical (unpaired) electrons. The lowest BCUT2D eigenvalue weighted by Gasteiger charge is -2.15. The van der Waals surface area contributed by atoms with Crippen LogP contribution in [0.3, 0.4) is 0 Å². The molecule has 0 aromatic rings. The Kier molecular flexibility index (Phi) is 5.84. The number of ether oxygens (including phenoxy) is 1. The average Bonchev–Trinajstić information content (AvgIpc) is 1.96. The SMILES string of the molecule is [B]CC[C@@H](COP(C)(=O)O)OC. The van der Waals surface area contributed by atoms with Crippen molar-refractivity contribution in [1.82, 2.24) is 0 Å². The van der Waals surface area contributed by atoms with E-state index in [1.807, 2.05) is 0 Å². The van der Waals surface area contributed by atoms with Crippen molar-refractivity contribution in [3.63, 3.8) is 0 Å². The summed E-state index contributed by atoms with van der Waals surface area (Å²) in [5.41, 5.74) is 0. The van der Waals surface area contributed by atoms with Crippen LogP contribution in [0, 0.1) is 0 Å². The molecule has 0 aromatic heterocycles. The van der Waals surface area contributed by atoms with E-state index in [9.17, 15) is 4.57 Å². The molecule has 0 bridgehead atoms. The van der Waals surface area contributed by atoms with E-state index in [1.165, 1.54) is 7.11 Å². The van der Waals surface area contributed by atoms with E-state index >= 15 is 0 Å². The summed E-state index contributed by atoms with van der Waals surface area (Å²) in [6, 6.07) is 0. The molecule has 12 heavy (non-hydrogen) atoms. The lowest BCUT2D eigenvalue weighted by molar-refractivity contribution is 0.0521. The van der Waals surface area contributed by atoms with Crippen molar-refractivity contribution in [3.8, 4) is 0 Å². The van der Waals surface area contributed by atoms with Crippen LogP contribution in [0.15, 0.2) is 0 Å². The molecule has 1 N–H and O–H groups in total. The maximum absolute atomic E-state index is 10.7. The van der Waals surface area contributed by atoms with Crippen LogP contribution in [0.2, 0.25) is 6.32 Å². The van der Waals surface area contributed by atoms with E-state index in [4.69, 9.17) is 17.5 Å². The predicted molar refractivity (Wildman–Crippen MR) is 47.7 cm³/mol. The summed E-state index contributed by atoms with van der Waals surface area (Å²) in [5.74, 6) is 0. The smallest absolute Gasteiger partial charge is 0.325 e. The fourth-order valence-electron chi connectivity index (χ4n) is 0.677. The molecule has 0 fully saturated rings. The van der Waals surface area contributed by atoms with E-state index < -0.39 is 7.60 Å². The Morgan fingerprint density at radius 2 is 2.25 bits per heavy atom. The van der Waals surface area contributed by atoms with Gasteiger partial charge in [-0.15, -0.1) is 0 Å². The highest BCUT2D eigenvalue weighted by atomic mass is 31.2. The standard InChI is InChI=1S/C6H14BO4P/c1-10-6(3-4-7)5-11-12(2,8)9/h6H,3-5H2,1-2H3,(H,8,9)/t6-/m0/s1. The fraction of sp³-hybridized carbons (Fsp3) is 1.00. The Morgan fingerprint density at radius 3 is 2.58 bits per heavy atom. The second kappa shape index (κ2) is 5.76. The average molecular weight is 192 g/mol. The van der Waals surface area contributed by atoms with Crippen molar-refractivity contribution in [3.05, 3.63) is 0 Å². The molecule has 0 aromatic carbocycles.